The Bertz CT molecular complexity index is 739. The SMILES string of the molecule is CCOC[C@@]1(C#N)[C@H](S(C)(=O)=O)[C@@H]1c1ccc2c(c1)OCO2. The maximum atomic E-state index is 12.1. The molecule has 1 aromatic carbocycles. The Kier molecular flexibility index (Phi) is 3.54. The van der Waals surface area contributed by atoms with E-state index in [1.54, 1.807) is 18.2 Å². The molecule has 0 saturated heterocycles. The molecular formula is C15H17NO5S. The summed E-state index contributed by atoms with van der Waals surface area (Å²) >= 11 is 0. The van der Waals surface area contributed by atoms with Crippen LogP contribution in [0.25, 0.3) is 0 Å². The van der Waals surface area contributed by atoms with Crippen molar-refractivity contribution < 1.29 is 22.6 Å². The molecule has 3 rings (SSSR count). The average molecular weight is 323 g/mol. The standard InChI is InChI=1S/C15H17NO5S/c1-3-19-8-15(7-16)13(14(15)22(2,17)18)10-4-5-11-12(6-10)21-9-20-11/h4-6,13-14H,3,8-9H2,1-2H3/t13-,14+,15+/m0/s1. The topological polar surface area (TPSA) is 85.6 Å². The van der Waals surface area contributed by atoms with Crippen molar-refractivity contribution in [2.45, 2.75) is 18.1 Å². The third kappa shape index (κ3) is 2.23. The average Bonchev–Trinajstić information content (AvgIpc) is 2.94. The molecule has 6 nitrogen and oxygen atoms in total. The van der Waals surface area contributed by atoms with E-state index in [9.17, 15) is 13.7 Å². The van der Waals surface area contributed by atoms with E-state index in [1.807, 2.05) is 6.92 Å². The molecular weight excluding hydrogens is 306 g/mol. The predicted octanol–water partition coefficient (Wildman–Crippen LogP) is 1.47. The molecule has 118 valence electrons. The second-order valence-electron chi connectivity index (χ2n) is 5.63. The first kappa shape index (κ1) is 15.1. The van der Waals surface area contributed by atoms with Crippen LogP contribution in [0.1, 0.15) is 18.4 Å². The first-order chi connectivity index (χ1) is 10.4. The van der Waals surface area contributed by atoms with Crippen LogP contribution in [-0.2, 0) is 14.6 Å². The van der Waals surface area contributed by atoms with Crippen LogP contribution in [0.3, 0.4) is 0 Å². The fourth-order valence-corrected chi connectivity index (χ4v) is 5.07. The Morgan fingerprint density at radius 1 is 1.41 bits per heavy atom. The van der Waals surface area contributed by atoms with E-state index in [0.29, 0.717) is 18.1 Å². The van der Waals surface area contributed by atoms with Gasteiger partial charge in [0.1, 0.15) is 5.41 Å². The van der Waals surface area contributed by atoms with Gasteiger partial charge in [0.05, 0.1) is 17.9 Å². The van der Waals surface area contributed by atoms with E-state index in [-0.39, 0.29) is 13.4 Å². The number of nitrogens with zero attached hydrogens (tertiary/aromatic N) is 1. The summed E-state index contributed by atoms with van der Waals surface area (Å²) in [7, 11) is -3.37. The van der Waals surface area contributed by atoms with Gasteiger partial charge in [-0.05, 0) is 24.6 Å². The molecule has 1 aliphatic carbocycles. The van der Waals surface area contributed by atoms with Crippen molar-refractivity contribution in [1.82, 2.24) is 0 Å². The number of ether oxygens (including phenoxy) is 3. The maximum Gasteiger partial charge on any atom is 0.231 e. The van der Waals surface area contributed by atoms with Crippen LogP contribution in [0.2, 0.25) is 0 Å². The van der Waals surface area contributed by atoms with Crippen molar-refractivity contribution in [2.75, 3.05) is 26.3 Å². The molecule has 0 bridgehead atoms. The zero-order chi connectivity index (χ0) is 16.0. The van der Waals surface area contributed by atoms with E-state index in [2.05, 4.69) is 6.07 Å². The molecule has 3 atom stereocenters. The van der Waals surface area contributed by atoms with Crippen molar-refractivity contribution in [3.05, 3.63) is 23.8 Å². The number of rotatable bonds is 5. The first-order valence-corrected chi connectivity index (χ1v) is 8.97. The van der Waals surface area contributed by atoms with Crippen LogP contribution in [0.4, 0.5) is 0 Å². The molecule has 1 aromatic rings. The van der Waals surface area contributed by atoms with Gasteiger partial charge in [0.2, 0.25) is 6.79 Å². The van der Waals surface area contributed by atoms with Crippen molar-refractivity contribution in [2.24, 2.45) is 5.41 Å². The zero-order valence-corrected chi connectivity index (χ0v) is 13.2. The molecule has 1 aliphatic heterocycles. The highest BCUT2D eigenvalue weighted by atomic mass is 32.2. The highest BCUT2D eigenvalue weighted by Gasteiger charge is 2.71. The molecule has 0 aromatic heterocycles. The molecule has 1 heterocycles. The minimum Gasteiger partial charge on any atom is -0.454 e. The molecule has 0 unspecified atom stereocenters. The molecule has 0 N–H and O–H groups in total. The maximum absolute atomic E-state index is 12.1. The van der Waals surface area contributed by atoms with Crippen LogP contribution < -0.4 is 9.47 Å². The molecule has 1 fully saturated rings. The summed E-state index contributed by atoms with van der Waals surface area (Å²) in [5.41, 5.74) is -0.266. The molecule has 2 aliphatic rings. The zero-order valence-electron chi connectivity index (χ0n) is 12.4. The third-order valence-corrected chi connectivity index (χ3v) is 5.84. The number of nitriles is 1. The summed E-state index contributed by atoms with van der Waals surface area (Å²) in [6.45, 7) is 2.52. The van der Waals surface area contributed by atoms with Gasteiger partial charge in [-0.15, -0.1) is 0 Å². The Hall–Kier alpha value is -1.78. The second kappa shape index (κ2) is 5.14. The molecule has 0 radical (unpaired) electrons. The highest BCUT2D eigenvalue weighted by Crippen LogP contribution is 2.63. The second-order valence-corrected chi connectivity index (χ2v) is 7.80. The van der Waals surface area contributed by atoms with Crippen LogP contribution >= 0.6 is 0 Å². The van der Waals surface area contributed by atoms with Crippen LogP contribution in [0.15, 0.2) is 18.2 Å². The fourth-order valence-electron chi connectivity index (χ4n) is 3.22. The van der Waals surface area contributed by atoms with Gasteiger partial charge in [-0.3, -0.25) is 0 Å². The van der Waals surface area contributed by atoms with Gasteiger partial charge < -0.3 is 14.2 Å². The van der Waals surface area contributed by atoms with Crippen molar-refractivity contribution in [3.8, 4) is 17.6 Å². The molecule has 0 spiro atoms. The molecule has 0 amide bonds. The lowest BCUT2D eigenvalue weighted by atomic mass is 10.0. The lowest BCUT2D eigenvalue weighted by Crippen LogP contribution is -2.18. The Morgan fingerprint density at radius 2 is 2.14 bits per heavy atom. The quantitative estimate of drug-likeness (QED) is 0.816. The van der Waals surface area contributed by atoms with Crippen molar-refractivity contribution in [3.63, 3.8) is 0 Å². The summed E-state index contributed by atoms with van der Waals surface area (Å²) in [6, 6.07) is 7.49. The Labute approximate surface area is 129 Å². The van der Waals surface area contributed by atoms with E-state index in [0.717, 1.165) is 5.56 Å². The molecule has 7 heteroatoms. The number of fused-ring (bicyclic) bond motifs is 1. The van der Waals surface area contributed by atoms with Crippen molar-refractivity contribution >= 4 is 9.84 Å². The summed E-state index contributed by atoms with van der Waals surface area (Å²) in [4.78, 5) is 0. The van der Waals surface area contributed by atoms with E-state index < -0.39 is 26.4 Å². The first-order valence-electron chi connectivity index (χ1n) is 7.01. The summed E-state index contributed by atoms with van der Waals surface area (Å²) in [5.74, 6) is 0.807. The van der Waals surface area contributed by atoms with Gasteiger partial charge in [0.25, 0.3) is 0 Å². The lowest BCUT2D eigenvalue weighted by Gasteiger charge is -2.09. The summed E-state index contributed by atoms with van der Waals surface area (Å²) in [5, 5.41) is 8.84. The normalized spacial score (nSPS) is 29.1. The number of hydrogen-bond acceptors (Lipinski definition) is 6. The minimum atomic E-state index is -3.37. The summed E-state index contributed by atoms with van der Waals surface area (Å²) in [6.07, 6.45) is 1.17. The van der Waals surface area contributed by atoms with Gasteiger partial charge >= 0.3 is 0 Å². The van der Waals surface area contributed by atoms with E-state index in [1.165, 1.54) is 6.26 Å². The van der Waals surface area contributed by atoms with Gasteiger partial charge in [-0.2, -0.15) is 5.26 Å². The van der Waals surface area contributed by atoms with Crippen LogP contribution in [0, 0.1) is 16.7 Å². The molecule has 22 heavy (non-hydrogen) atoms. The smallest absolute Gasteiger partial charge is 0.231 e. The van der Waals surface area contributed by atoms with Crippen LogP contribution in [-0.4, -0.2) is 39.9 Å². The number of hydrogen-bond donors (Lipinski definition) is 0. The Morgan fingerprint density at radius 3 is 2.77 bits per heavy atom. The Balaban J connectivity index is 1.99. The van der Waals surface area contributed by atoms with Gasteiger partial charge in [-0.1, -0.05) is 6.07 Å². The monoisotopic (exact) mass is 323 g/mol. The third-order valence-electron chi connectivity index (χ3n) is 4.23. The van der Waals surface area contributed by atoms with Gasteiger partial charge in [-0.25, -0.2) is 8.42 Å². The van der Waals surface area contributed by atoms with E-state index >= 15 is 0 Å². The highest BCUT2D eigenvalue weighted by molar-refractivity contribution is 7.91. The van der Waals surface area contributed by atoms with Gasteiger partial charge in [0, 0.05) is 18.8 Å². The lowest BCUT2D eigenvalue weighted by molar-refractivity contribution is 0.117. The largest absolute Gasteiger partial charge is 0.454 e. The summed E-state index contributed by atoms with van der Waals surface area (Å²) < 4.78 is 40.1. The number of benzene rings is 1. The van der Waals surface area contributed by atoms with E-state index in [4.69, 9.17) is 14.2 Å². The number of sulfone groups is 1. The minimum absolute atomic E-state index is 0.108. The van der Waals surface area contributed by atoms with Gasteiger partial charge in [0.15, 0.2) is 21.3 Å². The van der Waals surface area contributed by atoms with Crippen molar-refractivity contribution in [1.29, 1.82) is 5.26 Å². The fraction of sp³-hybridized carbons (Fsp3) is 0.533. The molecule has 1 saturated carbocycles. The predicted molar refractivity (Wildman–Crippen MR) is 78.5 cm³/mol. The van der Waals surface area contributed by atoms with Crippen LogP contribution in [0.5, 0.6) is 11.5 Å².